The molecule has 1 aromatic rings. The van der Waals surface area contributed by atoms with E-state index < -0.39 is 0 Å². The zero-order valence-corrected chi connectivity index (χ0v) is 9.41. The maximum Gasteiger partial charge on any atom is 0.165 e. The van der Waals surface area contributed by atoms with Crippen molar-refractivity contribution in [2.45, 2.75) is 19.3 Å². The predicted octanol–water partition coefficient (Wildman–Crippen LogP) is 1.84. The molecule has 1 aliphatic heterocycles. The van der Waals surface area contributed by atoms with Crippen molar-refractivity contribution in [1.29, 1.82) is 0 Å². The molecular weight excluding hydrogens is 200 g/mol. The van der Waals surface area contributed by atoms with Crippen LogP contribution < -0.4 is 11.1 Å². The summed E-state index contributed by atoms with van der Waals surface area (Å²) < 4.78 is 0. The molecule has 1 aromatic carbocycles. The van der Waals surface area contributed by atoms with Crippen LogP contribution in [0.2, 0.25) is 0 Å². The van der Waals surface area contributed by atoms with Crippen LogP contribution in [0, 0.1) is 5.92 Å². The van der Waals surface area contributed by atoms with Crippen molar-refractivity contribution in [2.24, 2.45) is 5.92 Å². The quantitative estimate of drug-likeness (QED) is 0.601. The molecule has 0 radical (unpaired) electrons. The normalized spacial score (nSPS) is 17.2. The fraction of sp³-hybridized carbons (Fsp3) is 0.462. The average molecular weight is 218 g/mol. The lowest BCUT2D eigenvalue weighted by Gasteiger charge is -2.21. The first-order valence-electron chi connectivity index (χ1n) is 5.86. The number of nitrogens with two attached hydrogens (primary N) is 1. The number of carbonyl (C=O) groups is 1. The van der Waals surface area contributed by atoms with Gasteiger partial charge in [-0.1, -0.05) is 12.1 Å². The molecule has 0 spiro atoms. The monoisotopic (exact) mass is 218 g/mol. The van der Waals surface area contributed by atoms with Crippen molar-refractivity contribution >= 4 is 11.5 Å². The molecule has 1 fully saturated rings. The van der Waals surface area contributed by atoms with Crippen LogP contribution in [0.25, 0.3) is 0 Å². The minimum absolute atomic E-state index is 0.185. The second kappa shape index (κ2) is 5.12. The third kappa shape index (κ3) is 2.61. The minimum Gasteiger partial charge on any atom is -0.398 e. The number of hydrogen-bond acceptors (Lipinski definition) is 3. The van der Waals surface area contributed by atoms with Gasteiger partial charge >= 0.3 is 0 Å². The van der Waals surface area contributed by atoms with Gasteiger partial charge in [0, 0.05) is 17.7 Å². The highest BCUT2D eigenvalue weighted by Crippen LogP contribution is 2.21. The van der Waals surface area contributed by atoms with Gasteiger partial charge in [0.25, 0.3) is 0 Å². The molecule has 0 saturated carbocycles. The highest BCUT2D eigenvalue weighted by Gasteiger charge is 2.18. The first-order valence-corrected chi connectivity index (χ1v) is 5.86. The zero-order chi connectivity index (χ0) is 11.4. The van der Waals surface area contributed by atoms with Crippen molar-refractivity contribution in [1.82, 2.24) is 5.32 Å². The lowest BCUT2D eigenvalue weighted by Crippen LogP contribution is -2.29. The number of nitrogen functional groups attached to an aromatic ring is 1. The average Bonchev–Trinajstić information content (AvgIpc) is 2.31. The standard InChI is InChI=1S/C13H18N2O/c14-12-4-2-1-3-11(12)13(16)9-10-5-7-15-8-6-10/h1-4,10,15H,5-9,14H2. The Labute approximate surface area is 96.0 Å². The van der Waals surface area contributed by atoms with E-state index in [-0.39, 0.29) is 5.78 Å². The molecule has 0 amide bonds. The Kier molecular flexibility index (Phi) is 3.57. The van der Waals surface area contributed by atoms with Crippen molar-refractivity contribution in [3.8, 4) is 0 Å². The summed E-state index contributed by atoms with van der Waals surface area (Å²) in [7, 11) is 0. The van der Waals surface area contributed by atoms with Crippen LogP contribution in [-0.2, 0) is 0 Å². The summed E-state index contributed by atoms with van der Waals surface area (Å²) in [6.07, 6.45) is 2.83. The Hall–Kier alpha value is -1.35. The summed E-state index contributed by atoms with van der Waals surface area (Å²) in [4.78, 5) is 12.0. The SMILES string of the molecule is Nc1ccccc1C(=O)CC1CCNCC1. The molecule has 1 aliphatic rings. The van der Waals surface area contributed by atoms with Gasteiger partial charge in [-0.25, -0.2) is 0 Å². The fourth-order valence-corrected chi connectivity index (χ4v) is 2.21. The van der Waals surface area contributed by atoms with Crippen LogP contribution in [0.15, 0.2) is 24.3 Å². The van der Waals surface area contributed by atoms with Crippen LogP contribution in [0.4, 0.5) is 5.69 Å². The molecule has 86 valence electrons. The molecule has 1 heterocycles. The van der Waals surface area contributed by atoms with Gasteiger partial charge in [0.1, 0.15) is 0 Å². The van der Waals surface area contributed by atoms with Gasteiger partial charge in [0.2, 0.25) is 0 Å². The number of Topliss-reactive ketones (excluding diaryl/α,β-unsaturated/α-hetero) is 1. The van der Waals surface area contributed by atoms with Gasteiger partial charge in [0.05, 0.1) is 0 Å². The van der Waals surface area contributed by atoms with Crippen molar-refractivity contribution in [3.63, 3.8) is 0 Å². The Morgan fingerprint density at radius 1 is 1.31 bits per heavy atom. The van der Waals surface area contributed by atoms with Crippen molar-refractivity contribution in [3.05, 3.63) is 29.8 Å². The molecule has 0 bridgehead atoms. The highest BCUT2D eigenvalue weighted by atomic mass is 16.1. The Morgan fingerprint density at radius 3 is 2.69 bits per heavy atom. The largest absolute Gasteiger partial charge is 0.398 e. The molecule has 1 saturated heterocycles. The maximum atomic E-state index is 12.0. The Balaban J connectivity index is 2.00. The second-order valence-corrected chi connectivity index (χ2v) is 4.41. The summed E-state index contributed by atoms with van der Waals surface area (Å²) in [5, 5.41) is 3.30. The number of piperidine rings is 1. The minimum atomic E-state index is 0.185. The maximum absolute atomic E-state index is 12.0. The summed E-state index contributed by atoms with van der Waals surface area (Å²) in [5.74, 6) is 0.707. The van der Waals surface area contributed by atoms with Gasteiger partial charge in [0.15, 0.2) is 5.78 Å². The molecule has 16 heavy (non-hydrogen) atoms. The predicted molar refractivity (Wildman–Crippen MR) is 65.4 cm³/mol. The first-order chi connectivity index (χ1) is 7.77. The number of rotatable bonds is 3. The summed E-state index contributed by atoms with van der Waals surface area (Å²) in [6, 6.07) is 7.33. The second-order valence-electron chi connectivity index (χ2n) is 4.41. The van der Waals surface area contributed by atoms with E-state index in [1.54, 1.807) is 6.07 Å². The van der Waals surface area contributed by atoms with E-state index in [2.05, 4.69) is 5.32 Å². The molecule has 3 N–H and O–H groups in total. The van der Waals surface area contributed by atoms with Crippen molar-refractivity contribution < 1.29 is 4.79 Å². The van der Waals surface area contributed by atoms with Crippen LogP contribution in [-0.4, -0.2) is 18.9 Å². The Morgan fingerprint density at radius 2 is 2.00 bits per heavy atom. The lowest BCUT2D eigenvalue weighted by atomic mass is 9.90. The summed E-state index contributed by atoms with van der Waals surface area (Å²) in [5.41, 5.74) is 7.07. The van der Waals surface area contributed by atoms with E-state index in [9.17, 15) is 4.79 Å². The van der Waals surface area contributed by atoms with Gasteiger partial charge in [-0.2, -0.15) is 0 Å². The van der Waals surface area contributed by atoms with Crippen LogP contribution in [0.1, 0.15) is 29.6 Å². The molecule has 0 atom stereocenters. The number of carbonyl (C=O) groups excluding carboxylic acids is 1. The third-order valence-electron chi connectivity index (χ3n) is 3.19. The lowest BCUT2D eigenvalue weighted by molar-refractivity contribution is 0.0953. The number of nitrogens with one attached hydrogen (secondary N) is 1. The van der Waals surface area contributed by atoms with Gasteiger partial charge in [-0.05, 0) is 44.0 Å². The smallest absolute Gasteiger partial charge is 0.165 e. The van der Waals surface area contributed by atoms with Crippen LogP contribution in [0.5, 0.6) is 0 Å². The van der Waals surface area contributed by atoms with Crippen molar-refractivity contribution in [2.75, 3.05) is 18.8 Å². The summed E-state index contributed by atoms with van der Waals surface area (Å²) in [6.45, 7) is 2.06. The molecule has 3 heteroatoms. The topological polar surface area (TPSA) is 55.1 Å². The molecule has 2 rings (SSSR count). The van der Waals surface area contributed by atoms with Gasteiger partial charge in [-0.3, -0.25) is 4.79 Å². The molecule has 3 nitrogen and oxygen atoms in total. The van der Waals surface area contributed by atoms with E-state index in [4.69, 9.17) is 5.73 Å². The molecule has 0 aliphatic carbocycles. The van der Waals surface area contributed by atoms with E-state index >= 15 is 0 Å². The number of benzene rings is 1. The van der Waals surface area contributed by atoms with Gasteiger partial charge in [-0.15, -0.1) is 0 Å². The number of ketones is 1. The van der Waals surface area contributed by atoms with Gasteiger partial charge < -0.3 is 11.1 Å². The van der Waals surface area contributed by atoms with E-state index in [0.717, 1.165) is 25.9 Å². The summed E-state index contributed by atoms with van der Waals surface area (Å²) >= 11 is 0. The molecule has 0 aromatic heterocycles. The Bertz CT molecular complexity index is 370. The van der Waals surface area contributed by atoms with E-state index in [1.165, 1.54) is 0 Å². The molecule has 0 unspecified atom stereocenters. The van der Waals surface area contributed by atoms with E-state index in [1.807, 2.05) is 18.2 Å². The van der Waals surface area contributed by atoms with Crippen LogP contribution >= 0.6 is 0 Å². The van der Waals surface area contributed by atoms with E-state index in [0.29, 0.717) is 23.6 Å². The first kappa shape index (κ1) is 11.1. The highest BCUT2D eigenvalue weighted by molar-refractivity contribution is 6.00. The fourth-order valence-electron chi connectivity index (χ4n) is 2.21. The molecular formula is C13H18N2O. The van der Waals surface area contributed by atoms with Crippen LogP contribution in [0.3, 0.4) is 0 Å². The number of hydrogen-bond donors (Lipinski definition) is 2. The zero-order valence-electron chi connectivity index (χ0n) is 9.41. The number of para-hydroxylation sites is 1. The third-order valence-corrected chi connectivity index (χ3v) is 3.19. The number of anilines is 1.